The van der Waals surface area contributed by atoms with E-state index in [0.717, 1.165) is 5.56 Å². The second kappa shape index (κ2) is 6.77. The molecule has 0 spiro atoms. The number of ether oxygens (including phenoxy) is 2. The second-order valence-corrected chi connectivity index (χ2v) is 6.46. The second-order valence-electron chi connectivity index (χ2n) is 4.28. The van der Waals surface area contributed by atoms with Crippen LogP contribution in [0.5, 0.6) is 11.5 Å². The Balaban J connectivity index is 3.07. The van der Waals surface area contributed by atoms with E-state index >= 15 is 0 Å². The van der Waals surface area contributed by atoms with Crippen LogP contribution >= 0.6 is 0 Å². The molecule has 0 radical (unpaired) electrons. The zero-order chi connectivity index (χ0) is 14.5. The first-order valence-electron chi connectivity index (χ1n) is 6.07. The summed E-state index contributed by atoms with van der Waals surface area (Å²) in [5.41, 5.74) is 0.858. The molecule has 1 unspecified atom stereocenters. The van der Waals surface area contributed by atoms with Crippen molar-refractivity contribution in [1.29, 1.82) is 0 Å². The normalized spacial score (nSPS) is 13.1. The molecule has 1 N–H and O–H groups in total. The Hall–Kier alpha value is -1.27. The SMILES string of the molecule is CCOc1cc(C(CS(C)(=O)=O)NC)ccc1OC. The third-order valence-electron chi connectivity index (χ3n) is 2.71. The predicted molar refractivity (Wildman–Crippen MR) is 75.7 cm³/mol. The topological polar surface area (TPSA) is 64.6 Å². The summed E-state index contributed by atoms with van der Waals surface area (Å²) in [5.74, 6) is 1.30. The van der Waals surface area contributed by atoms with Gasteiger partial charge in [-0.15, -0.1) is 0 Å². The number of methoxy groups -OCH3 is 1. The molecule has 0 saturated heterocycles. The summed E-state index contributed by atoms with van der Waals surface area (Å²) in [6.07, 6.45) is 1.23. The van der Waals surface area contributed by atoms with E-state index in [1.165, 1.54) is 6.26 Å². The van der Waals surface area contributed by atoms with Crippen molar-refractivity contribution in [3.8, 4) is 11.5 Å². The highest BCUT2D eigenvalue weighted by atomic mass is 32.2. The maximum Gasteiger partial charge on any atom is 0.161 e. The van der Waals surface area contributed by atoms with E-state index in [0.29, 0.717) is 18.1 Å². The Morgan fingerprint density at radius 2 is 2.00 bits per heavy atom. The number of sulfone groups is 1. The first-order chi connectivity index (χ1) is 8.91. The molecule has 0 saturated carbocycles. The molecule has 0 bridgehead atoms. The van der Waals surface area contributed by atoms with Crippen LogP contribution in [0.4, 0.5) is 0 Å². The van der Waals surface area contributed by atoms with Crippen LogP contribution in [-0.4, -0.2) is 41.2 Å². The van der Waals surface area contributed by atoms with Gasteiger partial charge >= 0.3 is 0 Å². The average molecular weight is 287 g/mol. The van der Waals surface area contributed by atoms with Gasteiger partial charge in [0.15, 0.2) is 11.5 Å². The summed E-state index contributed by atoms with van der Waals surface area (Å²) in [6, 6.07) is 5.18. The highest BCUT2D eigenvalue weighted by Crippen LogP contribution is 2.30. The van der Waals surface area contributed by atoms with Crippen molar-refractivity contribution in [2.24, 2.45) is 0 Å². The zero-order valence-electron chi connectivity index (χ0n) is 11.8. The van der Waals surface area contributed by atoms with Gasteiger partial charge in [-0.3, -0.25) is 0 Å². The van der Waals surface area contributed by atoms with Crippen LogP contribution in [0.3, 0.4) is 0 Å². The third-order valence-corrected chi connectivity index (χ3v) is 3.65. The van der Waals surface area contributed by atoms with Crippen LogP contribution in [0.25, 0.3) is 0 Å². The summed E-state index contributed by atoms with van der Waals surface area (Å²) in [5, 5.41) is 3.01. The van der Waals surface area contributed by atoms with Crippen LogP contribution in [0.15, 0.2) is 18.2 Å². The first kappa shape index (κ1) is 15.8. The fraction of sp³-hybridized carbons (Fsp3) is 0.538. The molecule has 0 fully saturated rings. The van der Waals surface area contributed by atoms with Crippen molar-refractivity contribution in [3.63, 3.8) is 0 Å². The van der Waals surface area contributed by atoms with Crippen LogP contribution in [0, 0.1) is 0 Å². The van der Waals surface area contributed by atoms with Crippen molar-refractivity contribution in [1.82, 2.24) is 5.32 Å². The summed E-state index contributed by atoms with van der Waals surface area (Å²) >= 11 is 0. The number of rotatable bonds is 7. The van der Waals surface area contributed by atoms with Crippen LogP contribution < -0.4 is 14.8 Å². The molecule has 1 rings (SSSR count). The van der Waals surface area contributed by atoms with Gasteiger partial charge in [-0.05, 0) is 31.7 Å². The van der Waals surface area contributed by atoms with Gasteiger partial charge in [0.2, 0.25) is 0 Å². The molecule has 1 aromatic rings. The number of nitrogens with one attached hydrogen (secondary N) is 1. The molecule has 0 heterocycles. The molecule has 0 aliphatic heterocycles. The van der Waals surface area contributed by atoms with Crippen molar-refractivity contribution < 1.29 is 17.9 Å². The molecule has 19 heavy (non-hydrogen) atoms. The quantitative estimate of drug-likeness (QED) is 0.821. The van der Waals surface area contributed by atoms with Gasteiger partial charge in [0.05, 0.1) is 19.5 Å². The Bertz CT molecular complexity index is 513. The van der Waals surface area contributed by atoms with Crippen molar-refractivity contribution in [2.75, 3.05) is 32.8 Å². The molecular formula is C13H21NO4S. The van der Waals surface area contributed by atoms with Gasteiger partial charge in [-0.1, -0.05) is 6.07 Å². The Kier molecular flexibility index (Phi) is 5.62. The number of hydrogen-bond acceptors (Lipinski definition) is 5. The Morgan fingerprint density at radius 1 is 1.32 bits per heavy atom. The number of benzene rings is 1. The monoisotopic (exact) mass is 287 g/mol. The van der Waals surface area contributed by atoms with Crippen LogP contribution in [-0.2, 0) is 9.84 Å². The third kappa shape index (κ3) is 4.72. The summed E-state index contributed by atoms with van der Waals surface area (Å²) in [4.78, 5) is 0. The maximum atomic E-state index is 11.4. The molecule has 0 aliphatic carbocycles. The van der Waals surface area contributed by atoms with E-state index in [2.05, 4.69) is 5.32 Å². The molecular weight excluding hydrogens is 266 g/mol. The Labute approximate surface area is 114 Å². The van der Waals surface area contributed by atoms with Gasteiger partial charge in [0.1, 0.15) is 9.84 Å². The molecule has 108 valence electrons. The van der Waals surface area contributed by atoms with Crippen molar-refractivity contribution in [3.05, 3.63) is 23.8 Å². The first-order valence-corrected chi connectivity index (χ1v) is 8.13. The highest BCUT2D eigenvalue weighted by molar-refractivity contribution is 7.90. The molecule has 0 aromatic heterocycles. The van der Waals surface area contributed by atoms with E-state index < -0.39 is 9.84 Å². The summed E-state index contributed by atoms with van der Waals surface area (Å²) < 4.78 is 33.5. The smallest absolute Gasteiger partial charge is 0.161 e. The highest BCUT2D eigenvalue weighted by Gasteiger charge is 2.17. The van der Waals surface area contributed by atoms with Crippen LogP contribution in [0.2, 0.25) is 0 Å². The minimum absolute atomic E-state index is 0.0430. The van der Waals surface area contributed by atoms with E-state index in [-0.39, 0.29) is 11.8 Å². The lowest BCUT2D eigenvalue weighted by Crippen LogP contribution is -2.24. The molecule has 1 atom stereocenters. The summed E-state index contributed by atoms with van der Waals surface area (Å²) in [6.45, 7) is 2.41. The number of hydrogen-bond donors (Lipinski definition) is 1. The van der Waals surface area contributed by atoms with Gasteiger partial charge in [-0.2, -0.15) is 0 Å². The Morgan fingerprint density at radius 3 is 2.47 bits per heavy atom. The van der Waals surface area contributed by atoms with E-state index in [9.17, 15) is 8.42 Å². The standard InChI is InChI=1S/C13H21NO4S/c1-5-18-13-8-10(6-7-12(13)17-3)11(14-2)9-19(4,15)16/h6-8,11,14H,5,9H2,1-4H3. The predicted octanol–water partition coefficient (Wildman–Crippen LogP) is 1.40. The minimum Gasteiger partial charge on any atom is -0.493 e. The summed E-state index contributed by atoms with van der Waals surface area (Å²) in [7, 11) is 0.251. The molecule has 5 nitrogen and oxygen atoms in total. The molecule has 0 aliphatic rings. The zero-order valence-corrected chi connectivity index (χ0v) is 12.6. The van der Waals surface area contributed by atoms with Crippen LogP contribution in [0.1, 0.15) is 18.5 Å². The van der Waals surface area contributed by atoms with E-state index in [1.54, 1.807) is 20.2 Å². The van der Waals surface area contributed by atoms with Gasteiger partial charge in [0, 0.05) is 12.3 Å². The van der Waals surface area contributed by atoms with Gasteiger partial charge in [-0.25, -0.2) is 8.42 Å². The molecule has 0 amide bonds. The lowest BCUT2D eigenvalue weighted by molar-refractivity contribution is 0.310. The lowest BCUT2D eigenvalue weighted by atomic mass is 10.1. The fourth-order valence-electron chi connectivity index (χ4n) is 1.83. The van der Waals surface area contributed by atoms with Gasteiger partial charge < -0.3 is 14.8 Å². The largest absolute Gasteiger partial charge is 0.493 e. The molecule has 6 heteroatoms. The minimum atomic E-state index is -3.06. The van der Waals surface area contributed by atoms with E-state index in [1.807, 2.05) is 19.1 Å². The average Bonchev–Trinajstić information content (AvgIpc) is 2.35. The van der Waals surface area contributed by atoms with Crippen molar-refractivity contribution in [2.45, 2.75) is 13.0 Å². The maximum absolute atomic E-state index is 11.4. The molecule has 1 aromatic carbocycles. The lowest BCUT2D eigenvalue weighted by Gasteiger charge is -2.18. The van der Waals surface area contributed by atoms with Gasteiger partial charge in [0.25, 0.3) is 0 Å². The van der Waals surface area contributed by atoms with E-state index in [4.69, 9.17) is 9.47 Å². The fourth-order valence-corrected chi connectivity index (χ4v) is 2.79. The van der Waals surface area contributed by atoms with Crippen molar-refractivity contribution >= 4 is 9.84 Å².